The summed E-state index contributed by atoms with van der Waals surface area (Å²) in [7, 11) is 1.71. The first-order valence-electron chi connectivity index (χ1n) is 9.10. The zero-order valence-electron chi connectivity index (χ0n) is 16.5. The van der Waals surface area contributed by atoms with Gasteiger partial charge in [-0.05, 0) is 48.2 Å². The van der Waals surface area contributed by atoms with Crippen LogP contribution in [0.4, 0.5) is 10.1 Å². The summed E-state index contributed by atoms with van der Waals surface area (Å²) in [5.41, 5.74) is 3.49. The van der Waals surface area contributed by atoms with Gasteiger partial charge in [-0.2, -0.15) is 0 Å². The van der Waals surface area contributed by atoms with Crippen LogP contribution in [0.5, 0.6) is 0 Å². The van der Waals surface area contributed by atoms with E-state index in [1.807, 2.05) is 37.3 Å². The molecule has 0 spiro atoms. The molecule has 0 heterocycles. The standard InChI is InChI=1S/C21H27FN4O.HI/c1-4-5-20(27)26-18-9-6-16(7-10-18)13-24-21(23-3)25-14-17-8-11-19(22)15(2)12-17;/h6-12H,4-5,13-14H2,1-3H3,(H,26,27)(H2,23,24,25);1H. The fraction of sp³-hybridized carbons (Fsp3) is 0.333. The molecule has 0 saturated carbocycles. The Hall–Kier alpha value is -2.16. The molecule has 152 valence electrons. The largest absolute Gasteiger partial charge is 0.352 e. The number of carbonyl (C=O) groups is 1. The van der Waals surface area contributed by atoms with Crippen molar-refractivity contribution in [1.29, 1.82) is 0 Å². The molecule has 5 nitrogen and oxygen atoms in total. The number of guanidine groups is 1. The highest BCUT2D eigenvalue weighted by Gasteiger charge is 2.03. The summed E-state index contributed by atoms with van der Waals surface area (Å²) in [5, 5.41) is 9.32. The van der Waals surface area contributed by atoms with Crippen molar-refractivity contribution in [2.45, 2.75) is 39.8 Å². The van der Waals surface area contributed by atoms with Crippen LogP contribution in [0.15, 0.2) is 47.5 Å². The number of hydrogen-bond acceptors (Lipinski definition) is 2. The van der Waals surface area contributed by atoms with Gasteiger partial charge in [0, 0.05) is 32.2 Å². The molecule has 0 aromatic heterocycles. The van der Waals surface area contributed by atoms with E-state index in [1.165, 1.54) is 6.07 Å². The Labute approximate surface area is 183 Å². The molecule has 3 N–H and O–H groups in total. The van der Waals surface area contributed by atoms with Crippen molar-refractivity contribution >= 4 is 41.5 Å². The number of benzene rings is 2. The third kappa shape index (κ3) is 7.84. The van der Waals surface area contributed by atoms with Crippen molar-refractivity contribution in [3.63, 3.8) is 0 Å². The highest BCUT2D eigenvalue weighted by Crippen LogP contribution is 2.11. The lowest BCUT2D eigenvalue weighted by molar-refractivity contribution is -0.116. The second-order valence-corrected chi connectivity index (χ2v) is 6.36. The summed E-state index contributed by atoms with van der Waals surface area (Å²) in [6.07, 6.45) is 1.36. The van der Waals surface area contributed by atoms with Crippen LogP contribution in [0, 0.1) is 12.7 Å². The molecular weight excluding hydrogens is 470 g/mol. The number of carbonyl (C=O) groups excluding carboxylic acids is 1. The monoisotopic (exact) mass is 498 g/mol. The van der Waals surface area contributed by atoms with E-state index in [2.05, 4.69) is 20.9 Å². The van der Waals surface area contributed by atoms with Gasteiger partial charge < -0.3 is 16.0 Å². The third-order valence-corrected chi connectivity index (χ3v) is 4.08. The third-order valence-electron chi connectivity index (χ3n) is 4.08. The molecule has 2 aromatic rings. The molecule has 0 aliphatic carbocycles. The Morgan fingerprint density at radius 2 is 1.64 bits per heavy atom. The molecule has 0 atom stereocenters. The van der Waals surface area contributed by atoms with E-state index >= 15 is 0 Å². The normalized spacial score (nSPS) is 10.8. The predicted octanol–water partition coefficient (Wildman–Crippen LogP) is 4.36. The first-order chi connectivity index (χ1) is 13.0. The lowest BCUT2D eigenvalue weighted by atomic mass is 10.1. The topological polar surface area (TPSA) is 65.5 Å². The molecule has 28 heavy (non-hydrogen) atoms. The number of hydrogen-bond donors (Lipinski definition) is 3. The maximum absolute atomic E-state index is 13.3. The summed E-state index contributed by atoms with van der Waals surface area (Å²) in [5.74, 6) is 0.497. The Kier molecular flexibility index (Phi) is 10.5. The number of nitrogens with zero attached hydrogens (tertiary/aromatic N) is 1. The molecule has 2 aromatic carbocycles. The Bertz CT molecular complexity index is 793. The molecule has 0 fully saturated rings. The number of halogens is 2. The van der Waals surface area contributed by atoms with Gasteiger partial charge >= 0.3 is 0 Å². The Morgan fingerprint density at radius 3 is 2.21 bits per heavy atom. The van der Waals surface area contributed by atoms with E-state index in [9.17, 15) is 9.18 Å². The van der Waals surface area contributed by atoms with Crippen LogP contribution in [-0.4, -0.2) is 18.9 Å². The van der Waals surface area contributed by atoms with Gasteiger partial charge in [-0.15, -0.1) is 24.0 Å². The minimum absolute atomic E-state index is 0. The number of rotatable bonds is 7. The molecule has 0 bridgehead atoms. The summed E-state index contributed by atoms with van der Waals surface area (Å²) in [6, 6.07) is 12.8. The van der Waals surface area contributed by atoms with Crippen LogP contribution in [0.1, 0.15) is 36.5 Å². The second kappa shape index (κ2) is 12.3. The van der Waals surface area contributed by atoms with Crippen molar-refractivity contribution in [2.24, 2.45) is 4.99 Å². The van der Waals surface area contributed by atoms with E-state index in [0.29, 0.717) is 31.0 Å². The quantitative estimate of drug-likeness (QED) is 0.302. The SMILES string of the molecule is CCCC(=O)Nc1ccc(CNC(=NC)NCc2ccc(F)c(C)c2)cc1.I. The van der Waals surface area contributed by atoms with Gasteiger partial charge in [0.15, 0.2) is 5.96 Å². The van der Waals surface area contributed by atoms with Crippen molar-refractivity contribution < 1.29 is 9.18 Å². The number of amides is 1. The number of aliphatic imine (C=N–C) groups is 1. The van der Waals surface area contributed by atoms with Crippen LogP contribution in [0.25, 0.3) is 0 Å². The van der Waals surface area contributed by atoms with E-state index in [1.54, 1.807) is 20.0 Å². The van der Waals surface area contributed by atoms with Crippen molar-refractivity contribution in [3.05, 3.63) is 65.0 Å². The molecule has 1 amide bonds. The minimum Gasteiger partial charge on any atom is -0.352 e. The average Bonchev–Trinajstić information content (AvgIpc) is 2.66. The molecule has 0 radical (unpaired) electrons. The Morgan fingerprint density at radius 1 is 1.04 bits per heavy atom. The van der Waals surface area contributed by atoms with Gasteiger partial charge in [0.2, 0.25) is 5.91 Å². The van der Waals surface area contributed by atoms with Gasteiger partial charge in [-0.3, -0.25) is 9.79 Å². The van der Waals surface area contributed by atoms with Crippen LogP contribution in [0.2, 0.25) is 0 Å². The van der Waals surface area contributed by atoms with Crippen LogP contribution >= 0.6 is 24.0 Å². The van der Waals surface area contributed by atoms with Gasteiger partial charge in [-0.25, -0.2) is 4.39 Å². The molecule has 0 aliphatic heterocycles. The van der Waals surface area contributed by atoms with E-state index in [-0.39, 0.29) is 35.7 Å². The number of aryl methyl sites for hydroxylation is 1. The molecule has 2 rings (SSSR count). The lowest BCUT2D eigenvalue weighted by Gasteiger charge is -2.13. The van der Waals surface area contributed by atoms with Crippen molar-refractivity contribution in [3.8, 4) is 0 Å². The zero-order chi connectivity index (χ0) is 19.6. The fourth-order valence-electron chi connectivity index (χ4n) is 2.57. The fourth-order valence-corrected chi connectivity index (χ4v) is 2.57. The molecule has 7 heteroatoms. The summed E-state index contributed by atoms with van der Waals surface area (Å²) < 4.78 is 13.3. The summed E-state index contributed by atoms with van der Waals surface area (Å²) in [4.78, 5) is 15.8. The van der Waals surface area contributed by atoms with E-state index in [0.717, 1.165) is 23.2 Å². The first kappa shape index (κ1) is 23.9. The maximum Gasteiger partial charge on any atom is 0.224 e. The van der Waals surface area contributed by atoms with Crippen LogP contribution in [-0.2, 0) is 17.9 Å². The van der Waals surface area contributed by atoms with Crippen LogP contribution in [0.3, 0.4) is 0 Å². The maximum atomic E-state index is 13.3. The predicted molar refractivity (Wildman–Crippen MR) is 124 cm³/mol. The summed E-state index contributed by atoms with van der Waals surface area (Å²) >= 11 is 0. The van der Waals surface area contributed by atoms with Gasteiger partial charge in [0.1, 0.15) is 5.82 Å². The molecule has 0 unspecified atom stereocenters. The van der Waals surface area contributed by atoms with E-state index in [4.69, 9.17) is 0 Å². The van der Waals surface area contributed by atoms with Crippen molar-refractivity contribution in [1.82, 2.24) is 10.6 Å². The lowest BCUT2D eigenvalue weighted by Crippen LogP contribution is -2.36. The molecule has 0 aliphatic rings. The number of anilines is 1. The number of nitrogens with one attached hydrogen (secondary N) is 3. The van der Waals surface area contributed by atoms with Gasteiger partial charge in [0.05, 0.1) is 0 Å². The second-order valence-electron chi connectivity index (χ2n) is 6.36. The minimum atomic E-state index is -0.199. The first-order valence-corrected chi connectivity index (χ1v) is 9.10. The molecule has 0 saturated heterocycles. The average molecular weight is 498 g/mol. The summed E-state index contributed by atoms with van der Waals surface area (Å²) in [6.45, 7) is 4.89. The van der Waals surface area contributed by atoms with Crippen LogP contribution < -0.4 is 16.0 Å². The van der Waals surface area contributed by atoms with Gasteiger partial charge in [-0.1, -0.05) is 31.2 Å². The van der Waals surface area contributed by atoms with Gasteiger partial charge in [0.25, 0.3) is 0 Å². The highest BCUT2D eigenvalue weighted by molar-refractivity contribution is 14.0. The van der Waals surface area contributed by atoms with Crippen molar-refractivity contribution in [2.75, 3.05) is 12.4 Å². The smallest absolute Gasteiger partial charge is 0.224 e. The zero-order valence-corrected chi connectivity index (χ0v) is 18.8. The van der Waals surface area contributed by atoms with E-state index < -0.39 is 0 Å². The Balaban J connectivity index is 0.00000392. The molecular formula is C21H28FIN4O. The highest BCUT2D eigenvalue weighted by atomic mass is 127.